The molecular formula is C35H21NO3. The molecule has 0 amide bonds. The van der Waals surface area contributed by atoms with Gasteiger partial charge in [-0.15, -0.1) is 0 Å². The molecule has 4 aromatic carbocycles. The van der Waals surface area contributed by atoms with Crippen LogP contribution in [0.5, 0.6) is 0 Å². The Labute approximate surface area is 224 Å². The quantitative estimate of drug-likeness (QED) is 0.223. The lowest BCUT2D eigenvalue weighted by Gasteiger charge is -2.08. The van der Waals surface area contributed by atoms with Crippen LogP contribution in [0.4, 0.5) is 0 Å². The largest absolute Gasteiger partial charge is 0.308 e. The molecule has 4 heteroatoms. The van der Waals surface area contributed by atoms with Crippen LogP contribution < -0.4 is 0 Å². The Morgan fingerprint density at radius 3 is 1.41 bits per heavy atom. The predicted molar refractivity (Wildman–Crippen MR) is 153 cm³/mol. The summed E-state index contributed by atoms with van der Waals surface area (Å²) >= 11 is 0. The van der Waals surface area contributed by atoms with E-state index in [1.807, 2.05) is 89.3 Å². The minimum absolute atomic E-state index is 0.143. The summed E-state index contributed by atoms with van der Waals surface area (Å²) in [4.78, 5) is 42.0. The molecule has 39 heavy (non-hydrogen) atoms. The number of aromatic nitrogens is 1. The van der Waals surface area contributed by atoms with Gasteiger partial charge in [-0.05, 0) is 12.1 Å². The molecule has 3 heterocycles. The van der Waals surface area contributed by atoms with Gasteiger partial charge in [0.1, 0.15) is 0 Å². The van der Waals surface area contributed by atoms with Crippen molar-refractivity contribution >= 4 is 44.7 Å². The normalized spacial score (nSPS) is 11.4. The van der Waals surface area contributed by atoms with Gasteiger partial charge in [0.25, 0.3) is 0 Å². The van der Waals surface area contributed by atoms with Crippen LogP contribution in [-0.4, -0.2) is 21.8 Å². The van der Waals surface area contributed by atoms with Crippen molar-refractivity contribution in [3.8, 4) is 0 Å². The topological polar surface area (TPSA) is 55.6 Å². The molecule has 184 valence electrons. The van der Waals surface area contributed by atoms with Gasteiger partial charge in [0.05, 0.1) is 27.7 Å². The molecule has 7 aromatic rings. The smallest absolute Gasteiger partial charge is 0.195 e. The van der Waals surface area contributed by atoms with E-state index in [1.54, 1.807) is 42.5 Å². The third kappa shape index (κ3) is 3.50. The summed E-state index contributed by atoms with van der Waals surface area (Å²) in [6.07, 6.45) is 0. The Balaban J connectivity index is 1.63. The van der Waals surface area contributed by atoms with Gasteiger partial charge in [0.15, 0.2) is 17.3 Å². The molecule has 0 saturated heterocycles. The number of pyridine rings is 1. The van der Waals surface area contributed by atoms with Crippen molar-refractivity contribution in [1.82, 2.24) is 4.40 Å². The Bertz CT molecular complexity index is 2040. The van der Waals surface area contributed by atoms with Crippen molar-refractivity contribution in [2.75, 3.05) is 0 Å². The highest BCUT2D eigenvalue weighted by Crippen LogP contribution is 2.40. The minimum Gasteiger partial charge on any atom is -0.308 e. The van der Waals surface area contributed by atoms with Gasteiger partial charge in [-0.2, -0.15) is 0 Å². The van der Waals surface area contributed by atoms with Crippen LogP contribution in [0, 0.1) is 0 Å². The van der Waals surface area contributed by atoms with E-state index >= 15 is 0 Å². The van der Waals surface area contributed by atoms with Crippen LogP contribution in [0.2, 0.25) is 0 Å². The Hall–Kier alpha value is -5.35. The van der Waals surface area contributed by atoms with E-state index in [1.165, 1.54) is 0 Å². The number of hydrogen-bond donors (Lipinski definition) is 0. The zero-order chi connectivity index (χ0) is 26.5. The second kappa shape index (κ2) is 8.89. The van der Waals surface area contributed by atoms with Gasteiger partial charge in [0, 0.05) is 33.0 Å². The maximum absolute atomic E-state index is 14.2. The number of nitrogens with zero attached hydrogens (tertiary/aromatic N) is 1. The van der Waals surface area contributed by atoms with E-state index in [4.69, 9.17) is 0 Å². The van der Waals surface area contributed by atoms with Crippen molar-refractivity contribution in [3.05, 3.63) is 161 Å². The van der Waals surface area contributed by atoms with Crippen LogP contribution in [0.1, 0.15) is 47.8 Å². The number of carbonyl (C=O) groups excluding carboxylic acids is 3. The van der Waals surface area contributed by atoms with Gasteiger partial charge < -0.3 is 4.40 Å². The first-order valence-corrected chi connectivity index (χ1v) is 12.7. The maximum atomic E-state index is 14.2. The van der Waals surface area contributed by atoms with E-state index in [2.05, 4.69) is 0 Å². The fourth-order valence-corrected chi connectivity index (χ4v) is 5.55. The van der Waals surface area contributed by atoms with Crippen LogP contribution in [0.3, 0.4) is 0 Å². The molecule has 7 rings (SSSR count). The monoisotopic (exact) mass is 503 g/mol. The summed E-state index contributed by atoms with van der Waals surface area (Å²) in [5.74, 6) is -0.629. The third-order valence-corrected chi connectivity index (χ3v) is 7.32. The standard InChI is InChI=1S/C35H21NO3/c37-33(22-12-4-1-5-13-22)25-20-28-26-18-10-11-19-27(26)32-31(35(39)24-16-8-3-9-17-24)30(29(21-25)36(28)32)34(38)23-14-6-2-7-15-23/h1-21H. The summed E-state index contributed by atoms with van der Waals surface area (Å²) in [7, 11) is 0. The number of rotatable bonds is 6. The Morgan fingerprint density at radius 1 is 0.410 bits per heavy atom. The van der Waals surface area contributed by atoms with Gasteiger partial charge in [0.2, 0.25) is 0 Å². The molecule has 0 aliphatic heterocycles. The number of fused-ring (bicyclic) bond motifs is 3. The summed E-state index contributed by atoms with van der Waals surface area (Å²) in [6, 6.07) is 38.5. The van der Waals surface area contributed by atoms with Crippen molar-refractivity contribution in [2.45, 2.75) is 0 Å². The minimum atomic E-state index is -0.256. The van der Waals surface area contributed by atoms with Crippen LogP contribution in [-0.2, 0) is 0 Å². The lowest BCUT2D eigenvalue weighted by molar-refractivity contribution is 0.101. The zero-order valence-corrected chi connectivity index (χ0v) is 20.8. The van der Waals surface area contributed by atoms with E-state index < -0.39 is 0 Å². The van der Waals surface area contributed by atoms with E-state index in [9.17, 15) is 14.4 Å². The average molecular weight is 504 g/mol. The zero-order valence-electron chi connectivity index (χ0n) is 20.8. The second-order valence-electron chi connectivity index (χ2n) is 9.58. The molecule has 3 aromatic heterocycles. The Morgan fingerprint density at radius 2 is 0.846 bits per heavy atom. The summed E-state index contributed by atoms with van der Waals surface area (Å²) in [6.45, 7) is 0. The molecule has 0 atom stereocenters. The lowest BCUT2D eigenvalue weighted by Crippen LogP contribution is -2.10. The molecule has 0 saturated carbocycles. The number of carbonyl (C=O) groups is 3. The molecule has 0 bridgehead atoms. The number of ketones is 3. The fourth-order valence-electron chi connectivity index (χ4n) is 5.55. The van der Waals surface area contributed by atoms with Crippen molar-refractivity contribution in [2.24, 2.45) is 0 Å². The number of hydrogen-bond acceptors (Lipinski definition) is 3. The van der Waals surface area contributed by atoms with Crippen molar-refractivity contribution < 1.29 is 14.4 Å². The van der Waals surface area contributed by atoms with Crippen LogP contribution >= 0.6 is 0 Å². The first-order valence-electron chi connectivity index (χ1n) is 12.7. The molecule has 0 unspecified atom stereocenters. The summed E-state index contributed by atoms with van der Waals surface area (Å²) in [5, 5.41) is 1.78. The fraction of sp³-hybridized carbons (Fsp3) is 0. The second-order valence-corrected chi connectivity index (χ2v) is 9.58. The number of benzene rings is 4. The molecule has 0 aliphatic rings. The maximum Gasteiger partial charge on any atom is 0.195 e. The van der Waals surface area contributed by atoms with E-state index in [-0.39, 0.29) is 17.3 Å². The van der Waals surface area contributed by atoms with Crippen LogP contribution in [0.25, 0.3) is 27.3 Å². The first-order chi connectivity index (χ1) is 19.1. The SMILES string of the molecule is O=C(c1ccccc1)c1cc2c(C(=O)c3ccccc3)c(C(=O)c3ccccc3)c3c4ccccc4c(c1)n23. The molecule has 0 spiro atoms. The molecule has 0 radical (unpaired) electrons. The lowest BCUT2D eigenvalue weighted by atomic mass is 9.92. The van der Waals surface area contributed by atoms with E-state index in [0.29, 0.717) is 44.4 Å². The molecule has 0 aliphatic carbocycles. The highest BCUT2D eigenvalue weighted by Gasteiger charge is 2.31. The third-order valence-electron chi connectivity index (χ3n) is 7.32. The molecule has 0 fully saturated rings. The summed E-state index contributed by atoms with van der Waals surface area (Å²) in [5.41, 5.74) is 4.68. The van der Waals surface area contributed by atoms with E-state index in [0.717, 1.165) is 16.3 Å². The van der Waals surface area contributed by atoms with Gasteiger partial charge in [-0.25, -0.2) is 0 Å². The van der Waals surface area contributed by atoms with Gasteiger partial charge in [-0.1, -0.05) is 115 Å². The van der Waals surface area contributed by atoms with Crippen molar-refractivity contribution in [3.63, 3.8) is 0 Å². The highest BCUT2D eigenvalue weighted by atomic mass is 16.1. The van der Waals surface area contributed by atoms with Crippen LogP contribution in [0.15, 0.2) is 127 Å². The predicted octanol–water partition coefficient (Wildman–Crippen LogP) is 7.38. The average Bonchev–Trinajstić information content (AvgIpc) is 3.52. The molecule has 0 N–H and O–H groups in total. The van der Waals surface area contributed by atoms with Gasteiger partial charge >= 0.3 is 0 Å². The molecule has 4 nitrogen and oxygen atoms in total. The van der Waals surface area contributed by atoms with Gasteiger partial charge in [-0.3, -0.25) is 14.4 Å². The van der Waals surface area contributed by atoms with Crippen molar-refractivity contribution in [1.29, 1.82) is 0 Å². The summed E-state index contributed by atoms with van der Waals surface area (Å²) < 4.78 is 1.97. The Kier molecular flexibility index (Phi) is 5.20. The highest BCUT2D eigenvalue weighted by molar-refractivity contribution is 6.31. The molecular weight excluding hydrogens is 482 g/mol. The first kappa shape index (κ1) is 22.8.